The van der Waals surface area contributed by atoms with E-state index in [1.807, 2.05) is 12.1 Å². The molecule has 4 nitrogen and oxygen atoms in total. The molecule has 140 valence electrons. The lowest BCUT2D eigenvalue weighted by Crippen LogP contribution is -2.32. The number of fused-ring (bicyclic) bond motifs is 2. The van der Waals surface area contributed by atoms with Crippen molar-refractivity contribution in [1.29, 1.82) is 0 Å². The highest BCUT2D eigenvalue weighted by atomic mass is 16.5. The number of hydrogen-bond acceptors (Lipinski definition) is 3. The summed E-state index contributed by atoms with van der Waals surface area (Å²) in [5, 5.41) is 0. The van der Waals surface area contributed by atoms with E-state index in [4.69, 9.17) is 9.72 Å². The minimum Gasteiger partial charge on any atom is -0.497 e. The first-order valence-corrected chi connectivity index (χ1v) is 9.72. The molecule has 4 aromatic rings. The van der Waals surface area contributed by atoms with Crippen LogP contribution < -0.4 is 9.64 Å². The van der Waals surface area contributed by atoms with Crippen molar-refractivity contribution < 1.29 is 4.74 Å². The SMILES string of the molecule is COc1ccc(Cn2c(N3CCc4ccccc4C3)nc3ccccc32)cc1. The van der Waals surface area contributed by atoms with Crippen LogP contribution in [-0.2, 0) is 19.5 Å². The Morgan fingerprint density at radius 1 is 0.893 bits per heavy atom. The molecule has 0 spiro atoms. The van der Waals surface area contributed by atoms with Gasteiger partial charge in [-0.2, -0.15) is 0 Å². The molecule has 1 aliphatic heterocycles. The third-order valence-electron chi connectivity index (χ3n) is 5.55. The summed E-state index contributed by atoms with van der Waals surface area (Å²) < 4.78 is 7.64. The van der Waals surface area contributed by atoms with Gasteiger partial charge >= 0.3 is 0 Å². The van der Waals surface area contributed by atoms with Crippen molar-refractivity contribution in [3.63, 3.8) is 0 Å². The van der Waals surface area contributed by atoms with E-state index in [-0.39, 0.29) is 0 Å². The van der Waals surface area contributed by atoms with Gasteiger partial charge in [0.1, 0.15) is 5.75 Å². The molecule has 0 N–H and O–H groups in total. The average molecular weight is 369 g/mol. The number of para-hydroxylation sites is 2. The van der Waals surface area contributed by atoms with E-state index in [9.17, 15) is 0 Å². The average Bonchev–Trinajstić information content (AvgIpc) is 3.12. The van der Waals surface area contributed by atoms with Crippen molar-refractivity contribution in [1.82, 2.24) is 9.55 Å². The van der Waals surface area contributed by atoms with Crippen molar-refractivity contribution in [3.05, 3.63) is 89.5 Å². The third kappa shape index (κ3) is 3.01. The van der Waals surface area contributed by atoms with E-state index in [1.165, 1.54) is 22.2 Å². The van der Waals surface area contributed by atoms with Crippen LogP contribution in [0.2, 0.25) is 0 Å². The van der Waals surface area contributed by atoms with Crippen LogP contribution in [0.25, 0.3) is 11.0 Å². The van der Waals surface area contributed by atoms with Crippen molar-refractivity contribution in [2.75, 3.05) is 18.6 Å². The van der Waals surface area contributed by atoms with E-state index < -0.39 is 0 Å². The molecule has 5 rings (SSSR count). The van der Waals surface area contributed by atoms with Crippen molar-refractivity contribution in [2.24, 2.45) is 0 Å². The summed E-state index contributed by atoms with van der Waals surface area (Å²) in [4.78, 5) is 7.41. The van der Waals surface area contributed by atoms with E-state index >= 15 is 0 Å². The molecular formula is C24H23N3O. The molecule has 0 saturated carbocycles. The second-order valence-electron chi connectivity index (χ2n) is 7.28. The highest BCUT2D eigenvalue weighted by Gasteiger charge is 2.22. The molecule has 0 aliphatic carbocycles. The molecule has 0 amide bonds. The molecule has 1 aliphatic rings. The first-order valence-electron chi connectivity index (χ1n) is 9.72. The highest BCUT2D eigenvalue weighted by Crippen LogP contribution is 2.28. The maximum absolute atomic E-state index is 5.30. The second kappa shape index (κ2) is 7.04. The van der Waals surface area contributed by atoms with Gasteiger partial charge in [0.2, 0.25) is 5.95 Å². The van der Waals surface area contributed by atoms with Crippen LogP contribution in [0, 0.1) is 0 Å². The van der Waals surface area contributed by atoms with Crippen molar-refractivity contribution in [3.8, 4) is 5.75 Å². The smallest absolute Gasteiger partial charge is 0.207 e. The van der Waals surface area contributed by atoms with E-state index in [2.05, 4.69) is 70.1 Å². The number of rotatable bonds is 4. The van der Waals surface area contributed by atoms with Crippen LogP contribution in [0.15, 0.2) is 72.8 Å². The largest absolute Gasteiger partial charge is 0.497 e. The third-order valence-corrected chi connectivity index (χ3v) is 5.55. The highest BCUT2D eigenvalue weighted by molar-refractivity contribution is 5.79. The van der Waals surface area contributed by atoms with Crippen LogP contribution in [0.3, 0.4) is 0 Å². The number of methoxy groups -OCH3 is 1. The minimum absolute atomic E-state index is 0.790. The zero-order valence-corrected chi connectivity index (χ0v) is 16.0. The normalized spacial score (nSPS) is 13.5. The van der Waals surface area contributed by atoms with Gasteiger partial charge in [0.25, 0.3) is 0 Å². The zero-order chi connectivity index (χ0) is 18.9. The fourth-order valence-electron chi connectivity index (χ4n) is 4.04. The molecule has 28 heavy (non-hydrogen) atoms. The Bertz CT molecular complexity index is 1110. The fraction of sp³-hybridized carbons (Fsp3) is 0.208. The minimum atomic E-state index is 0.790. The molecule has 0 radical (unpaired) electrons. The first kappa shape index (κ1) is 16.9. The summed E-state index contributed by atoms with van der Waals surface area (Å²) in [6, 6.07) is 25.4. The first-order chi connectivity index (χ1) is 13.8. The predicted molar refractivity (Wildman–Crippen MR) is 113 cm³/mol. The Morgan fingerprint density at radius 2 is 1.64 bits per heavy atom. The molecule has 0 saturated heterocycles. The molecule has 0 fully saturated rings. The summed E-state index contributed by atoms with van der Waals surface area (Å²) in [6.45, 7) is 2.68. The molecule has 3 aromatic carbocycles. The quantitative estimate of drug-likeness (QED) is 0.524. The van der Waals surface area contributed by atoms with Crippen LogP contribution in [-0.4, -0.2) is 23.2 Å². The molecule has 0 bridgehead atoms. The number of benzene rings is 3. The lowest BCUT2D eigenvalue weighted by atomic mass is 10.0. The molecule has 1 aromatic heterocycles. The van der Waals surface area contributed by atoms with E-state index in [0.29, 0.717) is 0 Å². The fourth-order valence-corrected chi connectivity index (χ4v) is 4.04. The van der Waals surface area contributed by atoms with Crippen LogP contribution in [0.1, 0.15) is 16.7 Å². The Labute approximate surface area is 165 Å². The molecule has 0 atom stereocenters. The Kier molecular flexibility index (Phi) is 4.24. The zero-order valence-electron chi connectivity index (χ0n) is 16.0. The number of imidazole rings is 1. The van der Waals surface area contributed by atoms with Crippen molar-refractivity contribution in [2.45, 2.75) is 19.5 Å². The summed E-state index contributed by atoms with van der Waals surface area (Å²) in [5.74, 6) is 1.93. The Morgan fingerprint density at radius 3 is 2.46 bits per heavy atom. The number of hydrogen-bond donors (Lipinski definition) is 0. The van der Waals surface area contributed by atoms with Gasteiger partial charge in [-0.1, -0.05) is 48.5 Å². The van der Waals surface area contributed by atoms with Gasteiger partial charge in [0.05, 0.1) is 24.7 Å². The van der Waals surface area contributed by atoms with Gasteiger partial charge in [-0.25, -0.2) is 4.98 Å². The van der Waals surface area contributed by atoms with Gasteiger partial charge in [0.15, 0.2) is 0 Å². The van der Waals surface area contributed by atoms with Crippen LogP contribution in [0.5, 0.6) is 5.75 Å². The monoisotopic (exact) mass is 369 g/mol. The molecule has 2 heterocycles. The van der Waals surface area contributed by atoms with Gasteiger partial charge < -0.3 is 14.2 Å². The Hall–Kier alpha value is -3.27. The van der Waals surface area contributed by atoms with E-state index in [1.54, 1.807) is 7.11 Å². The van der Waals surface area contributed by atoms with Gasteiger partial charge in [0, 0.05) is 13.1 Å². The molecule has 4 heteroatoms. The number of ether oxygens (including phenoxy) is 1. The Balaban J connectivity index is 1.54. The van der Waals surface area contributed by atoms with Gasteiger partial charge in [-0.15, -0.1) is 0 Å². The second-order valence-corrected chi connectivity index (χ2v) is 7.28. The predicted octanol–water partition coefficient (Wildman–Crippen LogP) is 4.66. The summed E-state index contributed by atoms with van der Waals surface area (Å²) in [6.07, 6.45) is 1.06. The van der Waals surface area contributed by atoms with Crippen molar-refractivity contribution >= 4 is 17.0 Å². The number of nitrogens with zero attached hydrogens (tertiary/aromatic N) is 3. The molecular weight excluding hydrogens is 346 g/mol. The van der Waals surface area contributed by atoms with Gasteiger partial charge in [-0.3, -0.25) is 0 Å². The summed E-state index contributed by atoms with van der Waals surface area (Å²) in [7, 11) is 1.70. The maximum Gasteiger partial charge on any atom is 0.207 e. The summed E-state index contributed by atoms with van der Waals surface area (Å²) in [5.41, 5.74) is 6.31. The van der Waals surface area contributed by atoms with Gasteiger partial charge in [-0.05, 0) is 47.4 Å². The number of anilines is 1. The standard InChI is InChI=1S/C24H23N3O/c1-28-21-12-10-18(11-13-21)16-27-23-9-5-4-8-22(23)25-24(27)26-15-14-19-6-2-3-7-20(19)17-26/h2-13H,14-17H2,1H3. The van der Waals surface area contributed by atoms with Crippen LogP contribution >= 0.6 is 0 Å². The lowest BCUT2D eigenvalue weighted by Gasteiger charge is -2.30. The molecule has 0 unspecified atom stereocenters. The van der Waals surface area contributed by atoms with Crippen LogP contribution in [0.4, 0.5) is 5.95 Å². The number of aromatic nitrogens is 2. The van der Waals surface area contributed by atoms with E-state index in [0.717, 1.165) is 43.3 Å². The topological polar surface area (TPSA) is 30.3 Å². The summed E-state index contributed by atoms with van der Waals surface area (Å²) >= 11 is 0. The maximum atomic E-state index is 5.30. The lowest BCUT2D eigenvalue weighted by molar-refractivity contribution is 0.414.